The highest BCUT2D eigenvalue weighted by atomic mass is 16.2. The molecule has 0 saturated heterocycles. The summed E-state index contributed by atoms with van der Waals surface area (Å²) in [4.78, 5) is 26.2. The first kappa shape index (κ1) is 15.9. The molecule has 0 aromatic carbocycles. The van der Waals surface area contributed by atoms with Crippen LogP contribution in [0.4, 0.5) is 4.79 Å². The molecule has 1 N–H and O–H groups in total. The number of imidazole rings is 1. The normalized spacial score (nSPS) is 12.2. The summed E-state index contributed by atoms with van der Waals surface area (Å²) in [5, 5.41) is 2.89. The number of amides is 2. The molecule has 2 amide bonds. The van der Waals surface area contributed by atoms with E-state index in [0.29, 0.717) is 12.6 Å². The summed E-state index contributed by atoms with van der Waals surface area (Å²) < 4.78 is 2.04. The second-order valence-corrected chi connectivity index (χ2v) is 5.42. The van der Waals surface area contributed by atoms with Crippen LogP contribution in [0.25, 0.3) is 0 Å². The first-order valence-corrected chi connectivity index (χ1v) is 7.29. The summed E-state index contributed by atoms with van der Waals surface area (Å²) in [6, 6.07) is 1.82. The van der Waals surface area contributed by atoms with E-state index in [9.17, 15) is 4.79 Å². The predicted octanol–water partition coefficient (Wildman–Crippen LogP) is 2.16. The molecule has 0 saturated carbocycles. The van der Waals surface area contributed by atoms with Gasteiger partial charge >= 0.3 is 6.03 Å². The van der Waals surface area contributed by atoms with Crippen LogP contribution in [-0.4, -0.2) is 37.5 Å². The molecular formula is C15H22N6O. The molecule has 0 radical (unpaired) electrons. The van der Waals surface area contributed by atoms with Gasteiger partial charge in [0.05, 0.1) is 18.3 Å². The van der Waals surface area contributed by atoms with E-state index in [0.717, 1.165) is 11.5 Å². The number of nitrogens with zero attached hydrogens (tertiary/aromatic N) is 5. The van der Waals surface area contributed by atoms with Crippen molar-refractivity contribution in [3.05, 3.63) is 42.5 Å². The number of hydrogen-bond acceptors (Lipinski definition) is 4. The van der Waals surface area contributed by atoms with Crippen molar-refractivity contribution in [2.75, 3.05) is 7.05 Å². The lowest BCUT2D eigenvalue weighted by Gasteiger charge is -2.24. The molecule has 1 atom stereocenters. The molecule has 0 spiro atoms. The van der Waals surface area contributed by atoms with Crippen LogP contribution in [0.2, 0.25) is 0 Å². The Labute approximate surface area is 130 Å². The van der Waals surface area contributed by atoms with E-state index in [-0.39, 0.29) is 12.1 Å². The van der Waals surface area contributed by atoms with Gasteiger partial charge in [0.2, 0.25) is 0 Å². The van der Waals surface area contributed by atoms with Crippen molar-refractivity contribution in [1.29, 1.82) is 0 Å². The molecule has 0 aliphatic rings. The van der Waals surface area contributed by atoms with Crippen molar-refractivity contribution in [2.45, 2.75) is 39.4 Å². The minimum absolute atomic E-state index is 0.132. The summed E-state index contributed by atoms with van der Waals surface area (Å²) in [7, 11) is 1.75. The van der Waals surface area contributed by atoms with Crippen LogP contribution in [0.15, 0.2) is 31.0 Å². The number of urea groups is 1. The van der Waals surface area contributed by atoms with Gasteiger partial charge in [0.25, 0.3) is 0 Å². The van der Waals surface area contributed by atoms with Crippen LogP contribution < -0.4 is 5.32 Å². The smallest absolute Gasteiger partial charge is 0.318 e. The topological polar surface area (TPSA) is 75.9 Å². The molecule has 1 unspecified atom stereocenters. The third-order valence-corrected chi connectivity index (χ3v) is 3.64. The first-order chi connectivity index (χ1) is 10.5. The van der Waals surface area contributed by atoms with Crippen molar-refractivity contribution in [2.24, 2.45) is 0 Å². The monoisotopic (exact) mass is 302 g/mol. The largest absolute Gasteiger partial charge is 0.331 e. The maximum absolute atomic E-state index is 12.3. The molecule has 2 rings (SSSR count). The molecule has 0 fully saturated rings. The quantitative estimate of drug-likeness (QED) is 0.918. The number of hydrogen-bond donors (Lipinski definition) is 1. The summed E-state index contributed by atoms with van der Waals surface area (Å²) in [5.41, 5.74) is 0.802. The zero-order valence-electron chi connectivity index (χ0n) is 13.4. The Balaban J connectivity index is 1.96. The zero-order chi connectivity index (χ0) is 16.1. The molecule has 22 heavy (non-hydrogen) atoms. The molecule has 7 heteroatoms. The van der Waals surface area contributed by atoms with Gasteiger partial charge in [-0.3, -0.25) is 0 Å². The second-order valence-electron chi connectivity index (χ2n) is 5.42. The minimum atomic E-state index is -0.163. The Morgan fingerprint density at radius 2 is 2.09 bits per heavy atom. The summed E-state index contributed by atoms with van der Waals surface area (Å²) in [6.45, 7) is 6.48. The fraction of sp³-hybridized carbons (Fsp3) is 0.467. The maximum atomic E-state index is 12.3. The maximum Gasteiger partial charge on any atom is 0.318 e. The highest BCUT2D eigenvalue weighted by Crippen LogP contribution is 2.15. The van der Waals surface area contributed by atoms with Crippen molar-refractivity contribution in [3.8, 4) is 0 Å². The standard InChI is InChI=1S/C15H22N6O/c1-11(2)21-8-7-17-14(21)9-18-15(22)20(4)12(3)13-5-6-16-10-19-13/h5-8,10-12H,9H2,1-4H3,(H,18,22). The van der Waals surface area contributed by atoms with Gasteiger partial charge in [0.15, 0.2) is 0 Å². The first-order valence-electron chi connectivity index (χ1n) is 7.29. The molecule has 118 valence electrons. The molecule has 0 aliphatic carbocycles. The fourth-order valence-electron chi connectivity index (χ4n) is 2.15. The van der Waals surface area contributed by atoms with Gasteiger partial charge in [-0.25, -0.2) is 19.7 Å². The summed E-state index contributed by atoms with van der Waals surface area (Å²) in [5.74, 6) is 0.839. The van der Waals surface area contributed by atoms with Crippen LogP contribution in [0, 0.1) is 0 Å². The third-order valence-electron chi connectivity index (χ3n) is 3.64. The Kier molecular flexibility index (Phi) is 5.08. The number of rotatable bonds is 5. The highest BCUT2D eigenvalue weighted by Gasteiger charge is 2.18. The van der Waals surface area contributed by atoms with Crippen molar-refractivity contribution >= 4 is 6.03 Å². The van der Waals surface area contributed by atoms with Crippen LogP contribution in [0.1, 0.15) is 44.4 Å². The molecule has 7 nitrogen and oxygen atoms in total. The van der Waals surface area contributed by atoms with E-state index in [1.54, 1.807) is 30.4 Å². The van der Waals surface area contributed by atoms with Gasteiger partial charge in [-0.15, -0.1) is 0 Å². The fourth-order valence-corrected chi connectivity index (χ4v) is 2.15. The molecule has 2 aromatic rings. The van der Waals surface area contributed by atoms with Crippen molar-refractivity contribution < 1.29 is 4.79 Å². The van der Waals surface area contributed by atoms with Crippen LogP contribution >= 0.6 is 0 Å². The van der Waals surface area contributed by atoms with E-state index in [1.807, 2.05) is 17.7 Å². The van der Waals surface area contributed by atoms with Crippen molar-refractivity contribution in [3.63, 3.8) is 0 Å². The van der Waals surface area contributed by atoms with E-state index in [1.165, 1.54) is 6.33 Å². The van der Waals surface area contributed by atoms with Crippen molar-refractivity contribution in [1.82, 2.24) is 29.7 Å². The van der Waals surface area contributed by atoms with E-state index in [4.69, 9.17) is 0 Å². The summed E-state index contributed by atoms with van der Waals surface area (Å²) in [6.07, 6.45) is 6.81. The van der Waals surface area contributed by atoms with E-state index < -0.39 is 0 Å². The lowest BCUT2D eigenvalue weighted by atomic mass is 10.2. The SMILES string of the molecule is CC(c1ccncn1)N(C)C(=O)NCc1nccn1C(C)C. The number of carbonyl (C=O) groups is 1. The van der Waals surface area contributed by atoms with Gasteiger partial charge < -0.3 is 14.8 Å². The molecule has 0 aliphatic heterocycles. The number of carbonyl (C=O) groups excluding carboxylic acids is 1. The minimum Gasteiger partial charge on any atom is -0.331 e. The highest BCUT2D eigenvalue weighted by molar-refractivity contribution is 5.74. The van der Waals surface area contributed by atoms with Gasteiger partial charge in [-0.2, -0.15) is 0 Å². The van der Waals surface area contributed by atoms with Crippen LogP contribution in [0.5, 0.6) is 0 Å². The predicted molar refractivity (Wildman–Crippen MR) is 83.1 cm³/mol. The van der Waals surface area contributed by atoms with E-state index >= 15 is 0 Å². The van der Waals surface area contributed by atoms with Gasteiger partial charge in [0.1, 0.15) is 12.2 Å². The molecule has 2 heterocycles. The zero-order valence-corrected chi connectivity index (χ0v) is 13.4. The van der Waals surface area contributed by atoms with E-state index in [2.05, 4.69) is 34.1 Å². The number of aromatic nitrogens is 4. The van der Waals surface area contributed by atoms with Gasteiger partial charge in [-0.1, -0.05) is 0 Å². The molecule has 2 aromatic heterocycles. The average molecular weight is 302 g/mol. The summed E-state index contributed by atoms with van der Waals surface area (Å²) >= 11 is 0. The Morgan fingerprint density at radius 1 is 1.32 bits per heavy atom. The van der Waals surface area contributed by atoms with Crippen LogP contribution in [-0.2, 0) is 6.54 Å². The Bertz CT molecular complexity index is 610. The molecular weight excluding hydrogens is 280 g/mol. The average Bonchev–Trinajstić information content (AvgIpc) is 3.00. The van der Waals surface area contributed by atoms with Crippen LogP contribution in [0.3, 0.4) is 0 Å². The van der Waals surface area contributed by atoms with Gasteiger partial charge in [-0.05, 0) is 26.8 Å². The lowest BCUT2D eigenvalue weighted by Crippen LogP contribution is -2.39. The third kappa shape index (κ3) is 3.60. The number of nitrogens with one attached hydrogen (secondary N) is 1. The second kappa shape index (κ2) is 7.02. The Morgan fingerprint density at radius 3 is 2.73 bits per heavy atom. The van der Waals surface area contributed by atoms with Gasteiger partial charge in [0, 0.05) is 31.7 Å². The lowest BCUT2D eigenvalue weighted by molar-refractivity contribution is 0.192. The molecule has 0 bridgehead atoms. The Hall–Kier alpha value is -2.44.